The van der Waals surface area contributed by atoms with Crippen LogP contribution in [0.1, 0.15) is 33.1 Å². The molecule has 0 heterocycles. The first-order valence-electron chi connectivity index (χ1n) is 5.96. The molecule has 0 aliphatic rings. The molecule has 7 heteroatoms. The summed E-state index contributed by atoms with van der Waals surface area (Å²) < 4.78 is 45.9. The van der Waals surface area contributed by atoms with Gasteiger partial charge in [-0.25, -0.2) is 0 Å². The zero-order valence-corrected chi connectivity index (χ0v) is 10.7. The van der Waals surface area contributed by atoms with Gasteiger partial charge in [-0.3, -0.25) is 4.79 Å². The third-order valence-electron chi connectivity index (χ3n) is 2.07. The molecule has 4 nitrogen and oxygen atoms in total. The number of rotatable bonds is 9. The summed E-state index contributed by atoms with van der Waals surface area (Å²) in [7, 11) is 0. The molecule has 0 spiro atoms. The molecule has 1 amide bonds. The third kappa shape index (κ3) is 9.23. The lowest BCUT2D eigenvalue weighted by molar-refractivity contribution is -0.173. The number of carbonyl (C=O) groups excluding carboxylic acids is 1. The summed E-state index contributed by atoms with van der Waals surface area (Å²) in [6, 6.07) is 0. The quantitative estimate of drug-likeness (QED) is 0.517. The minimum atomic E-state index is -4.82. The van der Waals surface area contributed by atoms with E-state index in [1.807, 2.05) is 6.92 Å². The van der Waals surface area contributed by atoms with Crippen molar-refractivity contribution >= 4 is 5.91 Å². The van der Waals surface area contributed by atoms with Crippen molar-refractivity contribution in [3.8, 4) is 0 Å². The Balaban J connectivity index is 3.42. The van der Waals surface area contributed by atoms with E-state index in [2.05, 4.69) is 0 Å². The minimum absolute atomic E-state index is 0.0694. The van der Waals surface area contributed by atoms with Gasteiger partial charge in [-0.15, -0.1) is 0 Å². The molecule has 1 N–H and O–H groups in total. The number of ether oxygens (including phenoxy) is 2. The van der Waals surface area contributed by atoms with Crippen LogP contribution in [-0.4, -0.2) is 38.1 Å². The van der Waals surface area contributed by atoms with Crippen LogP contribution >= 0.6 is 0 Å². The van der Waals surface area contributed by atoms with E-state index in [0.29, 0.717) is 13.0 Å². The van der Waals surface area contributed by atoms with Gasteiger partial charge in [-0.2, -0.15) is 13.2 Å². The second-order valence-corrected chi connectivity index (χ2v) is 3.77. The van der Waals surface area contributed by atoms with Gasteiger partial charge < -0.3 is 14.8 Å². The number of hydrogen-bond acceptors (Lipinski definition) is 3. The summed E-state index contributed by atoms with van der Waals surface area (Å²) in [4.78, 5) is 10.4. The van der Waals surface area contributed by atoms with Gasteiger partial charge in [0.2, 0.25) is 0 Å². The number of carbonyl (C=O) groups is 1. The Bertz CT molecular complexity index is 234. The standard InChI is InChI=1S/C11H20F3NO3/c1-3-4-7-17-9(2)18-8-5-6-15-10(16)11(12,13)14/h9H,3-8H2,1-2H3,(H,15,16). The zero-order chi connectivity index (χ0) is 14.0. The summed E-state index contributed by atoms with van der Waals surface area (Å²) >= 11 is 0. The highest BCUT2D eigenvalue weighted by atomic mass is 19.4. The maximum absolute atomic E-state index is 11.8. The summed E-state index contributed by atoms with van der Waals surface area (Å²) in [5, 5.41) is 1.76. The first-order chi connectivity index (χ1) is 8.38. The molecule has 1 atom stereocenters. The van der Waals surface area contributed by atoms with Crippen molar-refractivity contribution < 1.29 is 27.4 Å². The van der Waals surface area contributed by atoms with Crippen molar-refractivity contribution in [3.63, 3.8) is 0 Å². The molecule has 0 aliphatic heterocycles. The molecule has 0 saturated heterocycles. The number of halogens is 3. The van der Waals surface area contributed by atoms with E-state index in [4.69, 9.17) is 9.47 Å². The maximum atomic E-state index is 11.8. The van der Waals surface area contributed by atoms with Crippen molar-refractivity contribution in [3.05, 3.63) is 0 Å². The Kier molecular flexibility index (Phi) is 8.74. The van der Waals surface area contributed by atoms with Gasteiger partial charge in [0.25, 0.3) is 0 Å². The van der Waals surface area contributed by atoms with Gasteiger partial charge in [0.1, 0.15) is 0 Å². The highest BCUT2D eigenvalue weighted by molar-refractivity contribution is 5.81. The summed E-state index contributed by atoms with van der Waals surface area (Å²) in [5.74, 6) is -1.92. The number of hydrogen-bond donors (Lipinski definition) is 1. The SMILES string of the molecule is CCCCOC(C)OCCCNC(=O)C(F)(F)F. The average Bonchev–Trinajstić information content (AvgIpc) is 2.27. The number of unbranched alkanes of at least 4 members (excludes halogenated alkanes) is 1. The van der Waals surface area contributed by atoms with E-state index in [9.17, 15) is 18.0 Å². The first kappa shape index (κ1) is 17.2. The maximum Gasteiger partial charge on any atom is 0.471 e. The van der Waals surface area contributed by atoms with Crippen molar-refractivity contribution in [1.29, 1.82) is 0 Å². The van der Waals surface area contributed by atoms with Crippen molar-refractivity contribution in [1.82, 2.24) is 5.32 Å². The van der Waals surface area contributed by atoms with Gasteiger partial charge in [0.05, 0.1) is 6.61 Å². The lowest BCUT2D eigenvalue weighted by atomic mass is 10.4. The zero-order valence-electron chi connectivity index (χ0n) is 10.7. The molecule has 0 fully saturated rings. The molecule has 0 aromatic carbocycles. The summed E-state index contributed by atoms with van der Waals surface area (Å²) in [5.41, 5.74) is 0. The largest absolute Gasteiger partial charge is 0.471 e. The van der Waals surface area contributed by atoms with Crippen LogP contribution in [0.2, 0.25) is 0 Å². The van der Waals surface area contributed by atoms with Gasteiger partial charge in [0, 0.05) is 13.2 Å². The van der Waals surface area contributed by atoms with Crippen molar-refractivity contribution in [2.45, 2.75) is 45.6 Å². The molecule has 0 aromatic rings. The van der Waals surface area contributed by atoms with Gasteiger partial charge in [-0.1, -0.05) is 13.3 Å². The second kappa shape index (κ2) is 9.16. The number of amides is 1. The molecule has 1 unspecified atom stereocenters. The summed E-state index contributed by atoms with van der Waals surface area (Å²) in [6.45, 7) is 4.54. The smallest absolute Gasteiger partial charge is 0.353 e. The molecule has 0 aliphatic carbocycles. The fourth-order valence-corrected chi connectivity index (χ4v) is 1.07. The van der Waals surface area contributed by atoms with E-state index in [0.717, 1.165) is 12.8 Å². The third-order valence-corrected chi connectivity index (χ3v) is 2.07. The van der Waals surface area contributed by atoms with Crippen molar-refractivity contribution in [2.24, 2.45) is 0 Å². The Labute approximate surface area is 105 Å². The van der Waals surface area contributed by atoms with E-state index < -0.39 is 12.1 Å². The Morgan fingerprint density at radius 3 is 2.28 bits per heavy atom. The lowest BCUT2D eigenvalue weighted by Crippen LogP contribution is -2.37. The van der Waals surface area contributed by atoms with Crippen LogP contribution in [0.5, 0.6) is 0 Å². The van der Waals surface area contributed by atoms with E-state index >= 15 is 0 Å². The Hall–Kier alpha value is -0.820. The fraction of sp³-hybridized carbons (Fsp3) is 0.909. The normalized spacial score (nSPS) is 13.4. The van der Waals surface area contributed by atoms with Gasteiger partial charge in [0.15, 0.2) is 6.29 Å². The van der Waals surface area contributed by atoms with Crippen LogP contribution in [0.15, 0.2) is 0 Å². The van der Waals surface area contributed by atoms with Crippen LogP contribution in [-0.2, 0) is 14.3 Å². The molecule has 0 rings (SSSR count). The molecule has 108 valence electrons. The van der Waals surface area contributed by atoms with Crippen LogP contribution in [0, 0.1) is 0 Å². The predicted molar refractivity (Wildman–Crippen MR) is 60.0 cm³/mol. The lowest BCUT2D eigenvalue weighted by Gasteiger charge is -2.14. The minimum Gasteiger partial charge on any atom is -0.353 e. The number of alkyl halides is 3. The highest BCUT2D eigenvalue weighted by Crippen LogP contribution is 2.13. The molecule has 0 aromatic heterocycles. The van der Waals surface area contributed by atoms with E-state index in [-0.39, 0.29) is 19.4 Å². The monoisotopic (exact) mass is 271 g/mol. The Morgan fingerprint density at radius 2 is 1.78 bits per heavy atom. The Morgan fingerprint density at radius 1 is 1.22 bits per heavy atom. The van der Waals surface area contributed by atoms with Crippen LogP contribution in [0.4, 0.5) is 13.2 Å². The molecule has 18 heavy (non-hydrogen) atoms. The molecule has 0 saturated carbocycles. The topological polar surface area (TPSA) is 47.6 Å². The second-order valence-electron chi connectivity index (χ2n) is 3.77. The molecular weight excluding hydrogens is 251 g/mol. The summed E-state index contributed by atoms with van der Waals surface area (Å²) in [6.07, 6.45) is -2.93. The number of nitrogens with one attached hydrogen (secondary N) is 1. The molecule has 0 bridgehead atoms. The van der Waals surface area contributed by atoms with Gasteiger partial charge >= 0.3 is 12.1 Å². The van der Waals surface area contributed by atoms with E-state index in [1.54, 1.807) is 12.2 Å². The van der Waals surface area contributed by atoms with Gasteiger partial charge in [-0.05, 0) is 19.8 Å². The molecule has 0 radical (unpaired) electrons. The predicted octanol–water partition coefficient (Wildman–Crippen LogP) is 2.23. The first-order valence-corrected chi connectivity index (χ1v) is 5.96. The van der Waals surface area contributed by atoms with Crippen LogP contribution in [0.3, 0.4) is 0 Å². The van der Waals surface area contributed by atoms with Crippen LogP contribution in [0.25, 0.3) is 0 Å². The van der Waals surface area contributed by atoms with Crippen LogP contribution < -0.4 is 5.32 Å². The fourth-order valence-electron chi connectivity index (χ4n) is 1.07. The van der Waals surface area contributed by atoms with Crippen molar-refractivity contribution in [2.75, 3.05) is 19.8 Å². The molecular formula is C11H20F3NO3. The average molecular weight is 271 g/mol. The van der Waals surface area contributed by atoms with E-state index in [1.165, 1.54) is 0 Å². The highest BCUT2D eigenvalue weighted by Gasteiger charge is 2.38.